The molecule has 3 aromatic rings. The zero-order valence-corrected chi connectivity index (χ0v) is 16.1. The van der Waals surface area contributed by atoms with Crippen LogP contribution in [0.2, 0.25) is 0 Å². The molecule has 0 fully saturated rings. The van der Waals surface area contributed by atoms with E-state index < -0.39 is 26.4 Å². The Bertz CT molecular complexity index is 1200. The van der Waals surface area contributed by atoms with Crippen molar-refractivity contribution in [1.29, 1.82) is 0 Å². The first-order valence-corrected chi connectivity index (χ1v) is 10.1. The first kappa shape index (κ1) is 19.5. The molecular formula is C20H18N2O5S. The molecule has 28 heavy (non-hydrogen) atoms. The summed E-state index contributed by atoms with van der Waals surface area (Å²) in [7, 11) is -3.91. The van der Waals surface area contributed by atoms with Crippen molar-refractivity contribution in [1.82, 2.24) is 0 Å². The van der Waals surface area contributed by atoms with Crippen LogP contribution in [0.1, 0.15) is 11.1 Å². The van der Waals surface area contributed by atoms with E-state index in [0.717, 1.165) is 10.8 Å². The van der Waals surface area contributed by atoms with Crippen LogP contribution in [0.5, 0.6) is 0 Å². The molecule has 0 spiro atoms. The van der Waals surface area contributed by atoms with Crippen molar-refractivity contribution in [2.75, 3.05) is 11.1 Å². The number of anilines is 1. The van der Waals surface area contributed by atoms with Gasteiger partial charge in [0.25, 0.3) is 5.69 Å². The van der Waals surface area contributed by atoms with Gasteiger partial charge in [0.15, 0.2) is 9.84 Å². The summed E-state index contributed by atoms with van der Waals surface area (Å²) in [6.45, 7) is 3.32. The molecule has 0 aromatic heterocycles. The smallest absolute Gasteiger partial charge is 0.293 e. The molecule has 0 heterocycles. The number of nitro benzene ring substituents is 1. The van der Waals surface area contributed by atoms with E-state index in [1.54, 1.807) is 38.1 Å². The van der Waals surface area contributed by atoms with Crippen LogP contribution in [0.4, 0.5) is 11.4 Å². The summed E-state index contributed by atoms with van der Waals surface area (Å²) < 4.78 is 25.3. The number of benzene rings is 3. The Hall–Kier alpha value is -3.26. The number of fused-ring (bicyclic) bond motifs is 1. The van der Waals surface area contributed by atoms with Crippen LogP contribution in [-0.4, -0.2) is 25.0 Å². The summed E-state index contributed by atoms with van der Waals surface area (Å²) in [6, 6.07) is 14.9. The lowest BCUT2D eigenvalue weighted by Gasteiger charge is -2.11. The van der Waals surface area contributed by atoms with Gasteiger partial charge in [0.1, 0.15) is 11.4 Å². The fraction of sp³-hybridized carbons (Fsp3) is 0.150. The van der Waals surface area contributed by atoms with Crippen molar-refractivity contribution in [3.63, 3.8) is 0 Å². The number of hydrogen-bond acceptors (Lipinski definition) is 5. The van der Waals surface area contributed by atoms with Crippen molar-refractivity contribution < 1.29 is 18.1 Å². The van der Waals surface area contributed by atoms with Gasteiger partial charge in [0.2, 0.25) is 5.91 Å². The Balaban J connectivity index is 1.87. The zero-order valence-electron chi connectivity index (χ0n) is 15.3. The predicted molar refractivity (Wildman–Crippen MR) is 107 cm³/mol. The molecule has 0 atom stereocenters. The molecule has 0 aliphatic carbocycles. The maximum absolute atomic E-state index is 12.6. The topological polar surface area (TPSA) is 106 Å². The molecule has 8 heteroatoms. The molecule has 3 aromatic carbocycles. The molecule has 0 aliphatic heterocycles. The van der Waals surface area contributed by atoms with Crippen molar-refractivity contribution in [3.8, 4) is 0 Å². The number of rotatable bonds is 5. The average Bonchev–Trinajstić information content (AvgIpc) is 2.62. The Morgan fingerprint density at radius 2 is 1.71 bits per heavy atom. The minimum atomic E-state index is -3.91. The summed E-state index contributed by atoms with van der Waals surface area (Å²) in [6.07, 6.45) is 0. The fourth-order valence-electron chi connectivity index (χ4n) is 3.04. The maximum atomic E-state index is 12.6. The summed E-state index contributed by atoms with van der Waals surface area (Å²) in [5.41, 5.74) is 0.900. The van der Waals surface area contributed by atoms with E-state index in [2.05, 4.69) is 5.32 Å². The van der Waals surface area contributed by atoms with Gasteiger partial charge in [-0.05, 0) is 47.9 Å². The molecule has 3 rings (SSSR count). The molecular weight excluding hydrogens is 380 g/mol. The van der Waals surface area contributed by atoms with Gasteiger partial charge in [-0.15, -0.1) is 0 Å². The van der Waals surface area contributed by atoms with E-state index in [-0.39, 0.29) is 16.3 Å². The predicted octanol–water partition coefficient (Wildman–Crippen LogP) is 3.78. The van der Waals surface area contributed by atoms with Crippen molar-refractivity contribution in [2.24, 2.45) is 0 Å². The van der Waals surface area contributed by atoms with Crippen LogP contribution >= 0.6 is 0 Å². The fourth-order valence-corrected chi connectivity index (χ4v) is 4.21. The molecule has 1 amide bonds. The van der Waals surface area contributed by atoms with Gasteiger partial charge >= 0.3 is 0 Å². The highest BCUT2D eigenvalue weighted by molar-refractivity contribution is 7.92. The van der Waals surface area contributed by atoms with E-state index in [0.29, 0.717) is 11.1 Å². The quantitative estimate of drug-likeness (QED) is 0.520. The van der Waals surface area contributed by atoms with Crippen molar-refractivity contribution in [2.45, 2.75) is 18.7 Å². The molecule has 7 nitrogen and oxygen atoms in total. The Morgan fingerprint density at radius 3 is 2.39 bits per heavy atom. The Kier molecular flexibility index (Phi) is 5.15. The second kappa shape index (κ2) is 7.40. The molecule has 1 N–H and O–H groups in total. The molecule has 0 unspecified atom stereocenters. The van der Waals surface area contributed by atoms with Crippen molar-refractivity contribution in [3.05, 3.63) is 75.8 Å². The van der Waals surface area contributed by atoms with Gasteiger partial charge in [-0.3, -0.25) is 14.9 Å². The van der Waals surface area contributed by atoms with Gasteiger partial charge in [0, 0.05) is 6.07 Å². The number of nitrogens with one attached hydrogen (secondary N) is 1. The molecule has 0 aliphatic rings. The van der Waals surface area contributed by atoms with E-state index >= 15 is 0 Å². The summed E-state index contributed by atoms with van der Waals surface area (Å²) in [5.74, 6) is -1.64. The minimum Gasteiger partial charge on any atom is -0.319 e. The van der Waals surface area contributed by atoms with Gasteiger partial charge in [-0.1, -0.05) is 36.4 Å². The highest BCUT2D eigenvalue weighted by Gasteiger charge is 2.24. The summed E-state index contributed by atoms with van der Waals surface area (Å²) in [4.78, 5) is 23.1. The number of hydrogen-bond donors (Lipinski definition) is 1. The first-order valence-electron chi connectivity index (χ1n) is 8.44. The summed E-state index contributed by atoms with van der Waals surface area (Å²) in [5, 5.41) is 15.3. The molecule has 0 saturated heterocycles. The van der Waals surface area contributed by atoms with E-state index in [1.165, 1.54) is 18.2 Å². The third-order valence-corrected chi connectivity index (χ3v) is 5.94. The summed E-state index contributed by atoms with van der Waals surface area (Å²) >= 11 is 0. The van der Waals surface area contributed by atoms with Gasteiger partial charge in [-0.2, -0.15) is 0 Å². The second-order valence-electron chi connectivity index (χ2n) is 6.55. The van der Waals surface area contributed by atoms with Crippen LogP contribution < -0.4 is 5.32 Å². The monoisotopic (exact) mass is 398 g/mol. The van der Waals surface area contributed by atoms with E-state index in [9.17, 15) is 23.3 Å². The van der Waals surface area contributed by atoms with Crippen LogP contribution in [0.3, 0.4) is 0 Å². The number of amides is 1. The number of nitrogens with zero attached hydrogens (tertiary/aromatic N) is 1. The lowest BCUT2D eigenvalue weighted by molar-refractivity contribution is -0.384. The highest BCUT2D eigenvalue weighted by Crippen LogP contribution is 2.30. The number of carbonyl (C=O) groups excluding carboxylic acids is 1. The Labute approximate surface area is 162 Å². The minimum absolute atomic E-state index is 0.00862. The average molecular weight is 398 g/mol. The largest absolute Gasteiger partial charge is 0.319 e. The Morgan fingerprint density at radius 1 is 1.04 bits per heavy atom. The van der Waals surface area contributed by atoms with Gasteiger partial charge < -0.3 is 5.32 Å². The zero-order chi connectivity index (χ0) is 20.5. The lowest BCUT2D eigenvalue weighted by Crippen LogP contribution is -2.24. The van der Waals surface area contributed by atoms with E-state index in [1.807, 2.05) is 12.1 Å². The molecule has 0 bridgehead atoms. The van der Waals surface area contributed by atoms with Gasteiger partial charge in [0.05, 0.1) is 9.82 Å². The molecule has 0 radical (unpaired) electrons. The standard InChI is InChI=1S/C20H18N2O5S/c1-13-9-14(2)20(18(10-13)22(24)25)21-19(23)12-28(26,27)17-8-7-15-5-3-4-6-16(15)11-17/h3-11H,12H2,1-2H3,(H,21,23). The van der Waals surface area contributed by atoms with Crippen molar-refractivity contribution >= 4 is 37.9 Å². The maximum Gasteiger partial charge on any atom is 0.293 e. The number of carbonyl (C=O) groups is 1. The third kappa shape index (κ3) is 4.01. The van der Waals surface area contributed by atoms with Crippen LogP contribution in [-0.2, 0) is 14.6 Å². The van der Waals surface area contributed by atoms with E-state index in [4.69, 9.17) is 0 Å². The third-order valence-electron chi connectivity index (χ3n) is 4.32. The molecule has 0 saturated carbocycles. The number of aryl methyl sites for hydroxylation is 2. The second-order valence-corrected chi connectivity index (χ2v) is 8.54. The van der Waals surface area contributed by atoms with Crippen LogP contribution in [0.15, 0.2) is 59.5 Å². The van der Waals surface area contributed by atoms with Crippen LogP contribution in [0, 0.1) is 24.0 Å². The first-order chi connectivity index (χ1) is 13.2. The highest BCUT2D eigenvalue weighted by atomic mass is 32.2. The number of nitro groups is 1. The lowest BCUT2D eigenvalue weighted by atomic mass is 10.1. The van der Waals surface area contributed by atoms with Gasteiger partial charge in [-0.25, -0.2) is 8.42 Å². The SMILES string of the molecule is Cc1cc(C)c(NC(=O)CS(=O)(=O)c2ccc3ccccc3c2)c([N+](=O)[O-])c1. The normalized spacial score (nSPS) is 11.4. The van der Waals surface area contributed by atoms with Crippen LogP contribution in [0.25, 0.3) is 10.8 Å². The molecule has 144 valence electrons. The number of sulfone groups is 1.